The Balaban J connectivity index is 3.54. The molecule has 0 aromatic rings. The number of rotatable bonds is 5. The molecule has 0 aliphatic heterocycles. The quantitative estimate of drug-likeness (QED) is 0.688. The molecule has 0 radical (unpaired) electrons. The van der Waals surface area contributed by atoms with Crippen LogP contribution in [-0.2, 0) is 9.57 Å². The minimum atomic E-state index is -0.549. The van der Waals surface area contributed by atoms with Gasteiger partial charge in [-0.15, -0.1) is 0 Å². The van der Waals surface area contributed by atoms with Crippen molar-refractivity contribution in [2.24, 2.45) is 0 Å². The molecule has 0 amide bonds. The molecule has 0 aliphatic carbocycles. The van der Waals surface area contributed by atoms with Gasteiger partial charge in [0.05, 0.1) is 23.9 Å². The lowest BCUT2D eigenvalue weighted by Crippen LogP contribution is -2.37. The lowest BCUT2D eigenvalue weighted by Gasteiger charge is -2.24. The molecule has 0 heterocycles. The van der Waals surface area contributed by atoms with Crippen molar-refractivity contribution < 1.29 is 14.7 Å². The highest BCUT2D eigenvalue weighted by atomic mass is 16.7. The van der Waals surface area contributed by atoms with Crippen molar-refractivity contribution in [3.05, 3.63) is 0 Å². The minimum Gasteiger partial charge on any atom is -0.389 e. The fourth-order valence-electron chi connectivity index (χ4n) is 0.759. The van der Waals surface area contributed by atoms with Gasteiger partial charge in [0, 0.05) is 6.54 Å². The number of aliphatic hydroxyl groups is 1. The van der Waals surface area contributed by atoms with Crippen LogP contribution in [0.25, 0.3) is 0 Å². The van der Waals surface area contributed by atoms with E-state index in [0.29, 0.717) is 13.2 Å². The first kappa shape index (κ1) is 14.8. The topological polar surface area (TPSA) is 50.7 Å². The van der Waals surface area contributed by atoms with E-state index in [0.717, 1.165) is 0 Å². The molecular weight excluding hydrogens is 194 g/mol. The largest absolute Gasteiger partial charge is 0.389 e. The molecule has 0 bridgehead atoms. The maximum atomic E-state index is 9.54. The molecule has 4 heteroatoms. The highest BCUT2D eigenvalue weighted by Gasteiger charge is 2.15. The molecule has 0 aromatic carbocycles. The van der Waals surface area contributed by atoms with Crippen molar-refractivity contribution in [3.8, 4) is 0 Å². The van der Waals surface area contributed by atoms with Crippen LogP contribution >= 0.6 is 0 Å². The average Bonchev–Trinajstić information content (AvgIpc) is 1.97. The van der Waals surface area contributed by atoms with Crippen LogP contribution < -0.4 is 5.48 Å². The highest BCUT2D eigenvalue weighted by molar-refractivity contribution is 4.63. The second-order valence-corrected chi connectivity index (χ2v) is 5.64. The fourth-order valence-corrected chi connectivity index (χ4v) is 0.759. The molecule has 0 aromatic heterocycles. The number of hydrogen-bond donors (Lipinski definition) is 2. The van der Waals surface area contributed by atoms with E-state index in [9.17, 15) is 5.11 Å². The summed E-state index contributed by atoms with van der Waals surface area (Å²) in [5.41, 5.74) is 2.27. The number of nitrogens with one attached hydrogen (secondary N) is 1. The van der Waals surface area contributed by atoms with Crippen molar-refractivity contribution in [2.75, 3.05) is 13.2 Å². The third-order valence-corrected chi connectivity index (χ3v) is 1.41. The summed E-state index contributed by atoms with van der Waals surface area (Å²) >= 11 is 0. The molecule has 1 unspecified atom stereocenters. The Morgan fingerprint density at radius 1 is 1.07 bits per heavy atom. The Morgan fingerprint density at radius 2 is 1.60 bits per heavy atom. The van der Waals surface area contributed by atoms with E-state index in [-0.39, 0.29) is 11.2 Å². The standard InChI is InChI=1S/C11H25NO3/c1-10(2,3)14-8-9(13)7-12-15-11(4,5)6/h9,12-13H,7-8H2,1-6H3. The maximum Gasteiger partial charge on any atom is 0.0921 e. The van der Waals surface area contributed by atoms with Gasteiger partial charge in [-0.3, -0.25) is 4.84 Å². The van der Waals surface area contributed by atoms with E-state index < -0.39 is 6.10 Å². The Hall–Kier alpha value is -0.160. The summed E-state index contributed by atoms with van der Waals surface area (Å²) < 4.78 is 5.43. The Kier molecular flexibility index (Phi) is 5.73. The van der Waals surface area contributed by atoms with E-state index in [1.807, 2.05) is 41.5 Å². The Bertz CT molecular complexity index is 170. The predicted octanol–water partition coefficient (Wildman–Crippen LogP) is 1.48. The molecule has 2 N–H and O–H groups in total. The third-order valence-electron chi connectivity index (χ3n) is 1.41. The van der Waals surface area contributed by atoms with Crippen LogP contribution in [0.15, 0.2) is 0 Å². The van der Waals surface area contributed by atoms with Gasteiger partial charge >= 0.3 is 0 Å². The van der Waals surface area contributed by atoms with Crippen LogP contribution in [0.4, 0.5) is 0 Å². The Labute approximate surface area is 92.9 Å². The lowest BCUT2D eigenvalue weighted by atomic mass is 10.2. The first-order valence-electron chi connectivity index (χ1n) is 5.33. The van der Waals surface area contributed by atoms with E-state index in [2.05, 4.69) is 5.48 Å². The predicted molar refractivity (Wildman–Crippen MR) is 60.6 cm³/mol. The molecule has 1 atom stereocenters. The summed E-state index contributed by atoms with van der Waals surface area (Å²) in [6.07, 6.45) is -0.549. The van der Waals surface area contributed by atoms with Crippen LogP contribution in [0.5, 0.6) is 0 Å². The molecule has 0 aliphatic rings. The van der Waals surface area contributed by atoms with Crippen molar-refractivity contribution in [2.45, 2.75) is 58.8 Å². The number of hydrogen-bond acceptors (Lipinski definition) is 4. The molecule has 0 spiro atoms. The second kappa shape index (κ2) is 5.80. The van der Waals surface area contributed by atoms with Gasteiger partial charge in [0.25, 0.3) is 0 Å². The van der Waals surface area contributed by atoms with E-state index in [1.165, 1.54) is 0 Å². The van der Waals surface area contributed by atoms with Crippen molar-refractivity contribution in [1.82, 2.24) is 5.48 Å². The van der Waals surface area contributed by atoms with Gasteiger partial charge in [0.1, 0.15) is 0 Å². The van der Waals surface area contributed by atoms with Crippen molar-refractivity contribution >= 4 is 0 Å². The Morgan fingerprint density at radius 3 is 2.00 bits per heavy atom. The molecule has 15 heavy (non-hydrogen) atoms. The van der Waals surface area contributed by atoms with Gasteiger partial charge < -0.3 is 9.84 Å². The van der Waals surface area contributed by atoms with E-state index >= 15 is 0 Å². The maximum absolute atomic E-state index is 9.54. The van der Waals surface area contributed by atoms with E-state index in [4.69, 9.17) is 9.57 Å². The summed E-state index contributed by atoms with van der Waals surface area (Å²) in [5.74, 6) is 0. The fraction of sp³-hybridized carbons (Fsp3) is 1.00. The van der Waals surface area contributed by atoms with Crippen molar-refractivity contribution in [1.29, 1.82) is 0 Å². The van der Waals surface area contributed by atoms with Gasteiger partial charge in [-0.05, 0) is 41.5 Å². The van der Waals surface area contributed by atoms with Crippen LogP contribution in [0, 0.1) is 0 Å². The summed E-state index contributed by atoms with van der Waals surface area (Å²) in [7, 11) is 0. The van der Waals surface area contributed by atoms with Gasteiger partial charge in [-0.2, -0.15) is 5.48 Å². The zero-order chi connectivity index (χ0) is 12.1. The van der Waals surface area contributed by atoms with Gasteiger partial charge in [-0.25, -0.2) is 0 Å². The van der Waals surface area contributed by atoms with Gasteiger partial charge in [-0.1, -0.05) is 0 Å². The number of ether oxygens (including phenoxy) is 1. The van der Waals surface area contributed by atoms with Crippen molar-refractivity contribution in [3.63, 3.8) is 0 Å². The minimum absolute atomic E-state index is 0.216. The summed E-state index contributed by atoms with van der Waals surface area (Å²) in [5, 5.41) is 9.54. The SMILES string of the molecule is CC(C)(C)OCC(O)CNOC(C)(C)C. The normalized spacial score (nSPS) is 15.4. The first-order valence-corrected chi connectivity index (χ1v) is 5.33. The molecular formula is C11H25NO3. The summed E-state index contributed by atoms with van der Waals surface area (Å²) in [6.45, 7) is 12.4. The average molecular weight is 219 g/mol. The van der Waals surface area contributed by atoms with Crippen LogP contribution in [-0.4, -0.2) is 35.6 Å². The first-order chi connectivity index (χ1) is 6.60. The van der Waals surface area contributed by atoms with Gasteiger partial charge in [0.15, 0.2) is 0 Å². The molecule has 0 rings (SSSR count). The molecule has 4 nitrogen and oxygen atoms in total. The monoisotopic (exact) mass is 219 g/mol. The smallest absolute Gasteiger partial charge is 0.0921 e. The zero-order valence-corrected chi connectivity index (χ0v) is 10.8. The molecule has 0 saturated heterocycles. The lowest BCUT2D eigenvalue weighted by molar-refractivity contribution is -0.0996. The molecule has 92 valence electrons. The van der Waals surface area contributed by atoms with Crippen LogP contribution in [0.2, 0.25) is 0 Å². The van der Waals surface area contributed by atoms with Crippen LogP contribution in [0.3, 0.4) is 0 Å². The molecule has 0 fully saturated rings. The summed E-state index contributed by atoms with van der Waals surface area (Å²) in [4.78, 5) is 5.27. The van der Waals surface area contributed by atoms with E-state index in [1.54, 1.807) is 0 Å². The molecule has 0 saturated carbocycles. The number of aliphatic hydroxyl groups excluding tert-OH is 1. The summed E-state index contributed by atoms with van der Waals surface area (Å²) in [6, 6.07) is 0. The number of hydroxylamine groups is 1. The van der Waals surface area contributed by atoms with Gasteiger partial charge in [0.2, 0.25) is 0 Å². The second-order valence-electron chi connectivity index (χ2n) is 5.64. The van der Waals surface area contributed by atoms with Crippen LogP contribution in [0.1, 0.15) is 41.5 Å². The third kappa shape index (κ3) is 11.8. The highest BCUT2D eigenvalue weighted by Crippen LogP contribution is 2.07. The zero-order valence-electron chi connectivity index (χ0n) is 10.8.